The SMILES string of the molecule is COC(Cn1ncccc1=O)OC. The molecule has 1 aromatic heterocycles. The highest BCUT2D eigenvalue weighted by Gasteiger charge is 2.06. The largest absolute Gasteiger partial charge is 0.354 e. The van der Waals surface area contributed by atoms with Gasteiger partial charge in [0, 0.05) is 26.5 Å². The first-order valence-corrected chi connectivity index (χ1v) is 3.85. The first kappa shape index (κ1) is 9.88. The van der Waals surface area contributed by atoms with E-state index in [9.17, 15) is 4.79 Å². The molecule has 72 valence electrons. The van der Waals surface area contributed by atoms with Crippen LogP contribution in [-0.4, -0.2) is 30.3 Å². The third kappa shape index (κ3) is 2.64. The first-order chi connectivity index (χ1) is 6.27. The molecular weight excluding hydrogens is 172 g/mol. The van der Waals surface area contributed by atoms with Crippen molar-refractivity contribution in [2.75, 3.05) is 14.2 Å². The Bertz CT molecular complexity index is 306. The zero-order valence-electron chi connectivity index (χ0n) is 7.64. The lowest BCUT2D eigenvalue weighted by Crippen LogP contribution is -2.29. The lowest BCUT2D eigenvalue weighted by atomic mass is 10.5. The summed E-state index contributed by atoms with van der Waals surface area (Å²) in [7, 11) is 3.03. The number of hydrogen-bond acceptors (Lipinski definition) is 4. The van der Waals surface area contributed by atoms with Crippen LogP contribution < -0.4 is 5.56 Å². The molecule has 0 N–H and O–H groups in total. The van der Waals surface area contributed by atoms with Crippen molar-refractivity contribution in [1.29, 1.82) is 0 Å². The molecule has 0 amide bonds. The summed E-state index contributed by atoms with van der Waals surface area (Å²) in [6.07, 6.45) is 1.11. The van der Waals surface area contributed by atoms with E-state index in [-0.39, 0.29) is 5.56 Å². The van der Waals surface area contributed by atoms with E-state index in [1.54, 1.807) is 12.3 Å². The van der Waals surface area contributed by atoms with E-state index in [1.807, 2.05) is 0 Å². The highest BCUT2D eigenvalue weighted by atomic mass is 16.7. The molecule has 1 heterocycles. The van der Waals surface area contributed by atoms with Gasteiger partial charge in [0.15, 0.2) is 6.29 Å². The fraction of sp³-hybridized carbons (Fsp3) is 0.500. The Labute approximate surface area is 75.9 Å². The predicted molar refractivity (Wildman–Crippen MR) is 46.3 cm³/mol. The lowest BCUT2D eigenvalue weighted by Gasteiger charge is -2.13. The third-order valence-electron chi connectivity index (χ3n) is 1.63. The predicted octanol–water partition coefficient (Wildman–Crippen LogP) is -0.138. The van der Waals surface area contributed by atoms with Gasteiger partial charge in [-0.25, -0.2) is 4.68 Å². The maximum Gasteiger partial charge on any atom is 0.266 e. The van der Waals surface area contributed by atoms with Gasteiger partial charge in [0.05, 0.1) is 6.54 Å². The van der Waals surface area contributed by atoms with Crippen LogP contribution in [0.4, 0.5) is 0 Å². The van der Waals surface area contributed by atoms with Gasteiger partial charge < -0.3 is 9.47 Å². The molecule has 0 bridgehead atoms. The minimum Gasteiger partial charge on any atom is -0.354 e. The summed E-state index contributed by atoms with van der Waals surface area (Å²) in [5.41, 5.74) is -0.165. The molecule has 0 aromatic carbocycles. The van der Waals surface area contributed by atoms with Crippen LogP contribution in [-0.2, 0) is 16.0 Å². The molecule has 0 fully saturated rings. The summed E-state index contributed by atoms with van der Waals surface area (Å²) in [4.78, 5) is 11.2. The molecule has 1 aromatic rings. The van der Waals surface area contributed by atoms with Crippen LogP contribution in [0.15, 0.2) is 23.1 Å². The average Bonchev–Trinajstić information content (AvgIpc) is 2.17. The van der Waals surface area contributed by atoms with E-state index < -0.39 is 6.29 Å². The molecule has 0 aliphatic heterocycles. The normalized spacial score (nSPS) is 10.7. The summed E-state index contributed by atoms with van der Waals surface area (Å²) >= 11 is 0. The lowest BCUT2D eigenvalue weighted by molar-refractivity contribution is -0.113. The van der Waals surface area contributed by atoms with Crippen molar-refractivity contribution in [1.82, 2.24) is 9.78 Å². The second-order valence-corrected chi connectivity index (χ2v) is 2.44. The summed E-state index contributed by atoms with van der Waals surface area (Å²) in [5, 5.41) is 3.86. The molecule has 0 saturated carbocycles. The molecule has 5 heteroatoms. The summed E-state index contributed by atoms with van der Waals surface area (Å²) in [6.45, 7) is 0.298. The molecule has 5 nitrogen and oxygen atoms in total. The zero-order valence-corrected chi connectivity index (χ0v) is 7.64. The highest BCUT2D eigenvalue weighted by molar-refractivity contribution is 4.84. The van der Waals surface area contributed by atoms with E-state index in [0.717, 1.165) is 0 Å². The Hall–Kier alpha value is -1.20. The second kappa shape index (κ2) is 4.74. The van der Waals surface area contributed by atoms with Crippen LogP contribution in [0, 0.1) is 0 Å². The fourth-order valence-corrected chi connectivity index (χ4v) is 0.911. The Kier molecular flexibility index (Phi) is 3.60. The van der Waals surface area contributed by atoms with E-state index >= 15 is 0 Å². The summed E-state index contributed by atoms with van der Waals surface area (Å²) in [6, 6.07) is 3.03. The van der Waals surface area contributed by atoms with Crippen LogP contribution in [0.3, 0.4) is 0 Å². The number of methoxy groups -OCH3 is 2. The van der Waals surface area contributed by atoms with Gasteiger partial charge in [-0.15, -0.1) is 0 Å². The van der Waals surface area contributed by atoms with Crippen molar-refractivity contribution in [2.45, 2.75) is 12.8 Å². The van der Waals surface area contributed by atoms with Crippen molar-refractivity contribution in [2.24, 2.45) is 0 Å². The van der Waals surface area contributed by atoms with Crippen LogP contribution in [0.5, 0.6) is 0 Å². The minimum atomic E-state index is -0.437. The van der Waals surface area contributed by atoms with Crippen LogP contribution in [0.25, 0.3) is 0 Å². The smallest absolute Gasteiger partial charge is 0.266 e. The van der Waals surface area contributed by atoms with Gasteiger partial charge in [0.2, 0.25) is 0 Å². The van der Waals surface area contributed by atoms with Gasteiger partial charge in [-0.3, -0.25) is 4.79 Å². The molecule has 0 radical (unpaired) electrons. The molecule has 0 unspecified atom stereocenters. The monoisotopic (exact) mass is 184 g/mol. The molecule has 0 atom stereocenters. The van der Waals surface area contributed by atoms with Crippen LogP contribution >= 0.6 is 0 Å². The molecule has 0 spiro atoms. The van der Waals surface area contributed by atoms with Gasteiger partial charge >= 0.3 is 0 Å². The van der Waals surface area contributed by atoms with Gasteiger partial charge in [-0.1, -0.05) is 0 Å². The molecule has 0 aliphatic carbocycles. The Balaban J connectivity index is 2.73. The van der Waals surface area contributed by atoms with Crippen molar-refractivity contribution in [3.8, 4) is 0 Å². The van der Waals surface area contributed by atoms with E-state index in [4.69, 9.17) is 9.47 Å². The maximum absolute atomic E-state index is 11.2. The van der Waals surface area contributed by atoms with Crippen molar-refractivity contribution < 1.29 is 9.47 Å². The fourth-order valence-electron chi connectivity index (χ4n) is 0.911. The second-order valence-electron chi connectivity index (χ2n) is 2.44. The molecule has 0 aliphatic rings. The average molecular weight is 184 g/mol. The first-order valence-electron chi connectivity index (χ1n) is 3.85. The topological polar surface area (TPSA) is 53.4 Å². The Morgan fingerprint density at radius 2 is 2.23 bits per heavy atom. The third-order valence-corrected chi connectivity index (χ3v) is 1.63. The van der Waals surface area contributed by atoms with Gasteiger partial charge in [-0.2, -0.15) is 5.10 Å². The number of nitrogens with zero attached hydrogens (tertiary/aromatic N) is 2. The Morgan fingerprint density at radius 1 is 1.54 bits per heavy atom. The quantitative estimate of drug-likeness (QED) is 0.611. The Morgan fingerprint density at radius 3 is 2.77 bits per heavy atom. The zero-order chi connectivity index (χ0) is 9.68. The van der Waals surface area contributed by atoms with Gasteiger partial charge in [0.1, 0.15) is 0 Å². The van der Waals surface area contributed by atoms with Crippen molar-refractivity contribution >= 4 is 0 Å². The van der Waals surface area contributed by atoms with E-state index in [0.29, 0.717) is 6.54 Å². The highest BCUT2D eigenvalue weighted by Crippen LogP contribution is 1.92. The van der Waals surface area contributed by atoms with Crippen LogP contribution in [0.1, 0.15) is 0 Å². The number of hydrogen-bond donors (Lipinski definition) is 0. The van der Waals surface area contributed by atoms with Gasteiger partial charge in [-0.05, 0) is 6.07 Å². The number of aromatic nitrogens is 2. The molecule has 1 rings (SSSR count). The molecule has 13 heavy (non-hydrogen) atoms. The standard InChI is InChI=1S/C8H12N2O3/c1-12-8(13-2)6-10-7(11)4-3-5-9-10/h3-5,8H,6H2,1-2H3. The van der Waals surface area contributed by atoms with Crippen LogP contribution in [0.2, 0.25) is 0 Å². The molecular formula is C8H12N2O3. The number of ether oxygens (including phenoxy) is 2. The summed E-state index contributed by atoms with van der Waals surface area (Å²) < 4.78 is 11.2. The summed E-state index contributed by atoms with van der Waals surface area (Å²) in [5.74, 6) is 0. The minimum absolute atomic E-state index is 0.165. The molecule has 0 saturated heterocycles. The van der Waals surface area contributed by atoms with Crippen molar-refractivity contribution in [3.63, 3.8) is 0 Å². The number of rotatable bonds is 4. The van der Waals surface area contributed by atoms with E-state index in [1.165, 1.54) is 25.0 Å². The van der Waals surface area contributed by atoms with E-state index in [2.05, 4.69) is 5.10 Å². The van der Waals surface area contributed by atoms with Gasteiger partial charge in [0.25, 0.3) is 5.56 Å². The maximum atomic E-state index is 11.2. The van der Waals surface area contributed by atoms with Crippen molar-refractivity contribution in [3.05, 3.63) is 28.7 Å².